The summed E-state index contributed by atoms with van der Waals surface area (Å²) < 4.78 is 22.7. The number of rotatable bonds is 11. The quantitative estimate of drug-likeness (QED) is 0.266. The number of fused-ring (bicyclic) bond motifs is 2. The monoisotopic (exact) mass is 466 g/mol. The number of esters is 2. The van der Waals surface area contributed by atoms with E-state index in [4.69, 9.17) is 18.9 Å². The van der Waals surface area contributed by atoms with E-state index in [9.17, 15) is 9.59 Å². The Balaban J connectivity index is 2.02. The van der Waals surface area contributed by atoms with Crippen LogP contribution in [0.4, 0.5) is 0 Å². The molecule has 0 radical (unpaired) electrons. The summed E-state index contributed by atoms with van der Waals surface area (Å²) in [5.41, 5.74) is 1.06. The average Bonchev–Trinajstić information content (AvgIpc) is 2.82. The van der Waals surface area contributed by atoms with Gasteiger partial charge in [-0.25, -0.2) is 9.59 Å². The Morgan fingerprint density at radius 3 is 1.74 bits per heavy atom. The highest BCUT2D eigenvalue weighted by Gasteiger charge is 2.20. The molecule has 0 spiro atoms. The van der Waals surface area contributed by atoms with Crippen LogP contribution >= 0.6 is 0 Å². The Morgan fingerprint density at radius 1 is 0.706 bits per heavy atom. The minimum Gasteiger partial charge on any atom is -0.481 e. The lowest BCUT2D eigenvalue weighted by atomic mass is 9.96. The van der Waals surface area contributed by atoms with Gasteiger partial charge in [0.05, 0.1) is 13.2 Å². The van der Waals surface area contributed by atoms with Crippen LogP contribution in [-0.2, 0) is 25.5 Å². The molecule has 0 amide bonds. The molecular weight excluding hydrogens is 432 g/mol. The van der Waals surface area contributed by atoms with E-state index in [0.29, 0.717) is 24.7 Å². The Kier molecular flexibility index (Phi) is 8.74. The highest BCUT2D eigenvalue weighted by atomic mass is 16.6. The van der Waals surface area contributed by atoms with Gasteiger partial charge in [0.1, 0.15) is 11.5 Å². The van der Waals surface area contributed by atoms with Crippen LogP contribution in [0.5, 0.6) is 11.5 Å². The number of ether oxygens (including phenoxy) is 4. The summed E-state index contributed by atoms with van der Waals surface area (Å²) >= 11 is 0. The summed E-state index contributed by atoms with van der Waals surface area (Å²) in [6, 6.07) is 13.6. The summed E-state index contributed by atoms with van der Waals surface area (Å²) in [6.45, 7) is 10.3. The number of benzene rings is 3. The minimum atomic E-state index is -0.411. The molecule has 0 heterocycles. The maximum atomic E-state index is 12.3. The molecular formula is C28H34O6. The Hall–Kier alpha value is -3.28. The SMILES string of the molecule is CCc1cccc2c(OCC(=O)OCC(C)C)c3ccccc3c(OCC(=O)OCC(C)C)c12. The molecule has 0 aliphatic heterocycles. The average molecular weight is 467 g/mol. The molecule has 0 aromatic heterocycles. The number of carbonyl (C=O) groups excluding carboxylic acids is 2. The molecule has 0 atom stereocenters. The third-order valence-corrected chi connectivity index (χ3v) is 5.24. The zero-order chi connectivity index (χ0) is 24.7. The first-order chi connectivity index (χ1) is 16.3. The van der Waals surface area contributed by atoms with Gasteiger partial charge in [-0.15, -0.1) is 0 Å². The Bertz CT molecular complexity index is 1150. The van der Waals surface area contributed by atoms with E-state index < -0.39 is 11.9 Å². The molecule has 0 N–H and O–H groups in total. The predicted octanol–water partition coefficient (Wildman–Crippen LogP) is 5.71. The third kappa shape index (κ3) is 6.19. The standard InChI is InChI=1S/C28H34O6/c1-6-20-10-9-13-23-26(20)28(34-17-25(30)32-15-19(4)5)22-12-8-7-11-21(22)27(23)33-16-24(29)31-14-18(2)3/h7-13,18-19H,6,14-17H2,1-5H3. The lowest BCUT2D eigenvalue weighted by Gasteiger charge is -2.19. The van der Waals surface area contributed by atoms with Crippen LogP contribution in [0.25, 0.3) is 21.5 Å². The second-order valence-corrected chi connectivity index (χ2v) is 9.13. The largest absolute Gasteiger partial charge is 0.481 e. The molecule has 0 saturated heterocycles. The highest BCUT2D eigenvalue weighted by molar-refractivity contribution is 6.12. The molecule has 0 bridgehead atoms. The smallest absolute Gasteiger partial charge is 0.344 e. The molecule has 6 heteroatoms. The fraction of sp³-hybridized carbons (Fsp3) is 0.429. The third-order valence-electron chi connectivity index (χ3n) is 5.24. The van der Waals surface area contributed by atoms with E-state index in [1.165, 1.54) is 0 Å². The molecule has 0 unspecified atom stereocenters. The van der Waals surface area contributed by atoms with Crippen molar-refractivity contribution in [1.29, 1.82) is 0 Å². The molecule has 34 heavy (non-hydrogen) atoms. The molecule has 3 aromatic rings. The summed E-state index contributed by atoms with van der Waals surface area (Å²) in [7, 11) is 0. The van der Waals surface area contributed by atoms with Crippen LogP contribution in [0.15, 0.2) is 42.5 Å². The van der Waals surface area contributed by atoms with Gasteiger partial charge >= 0.3 is 11.9 Å². The van der Waals surface area contributed by atoms with Crippen molar-refractivity contribution < 1.29 is 28.5 Å². The van der Waals surface area contributed by atoms with Gasteiger partial charge in [0, 0.05) is 21.5 Å². The fourth-order valence-corrected chi connectivity index (χ4v) is 3.68. The van der Waals surface area contributed by atoms with Crippen LogP contribution in [0.1, 0.15) is 40.2 Å². The van der Waals surface area contributed by atoms with E-state index in [1.54, 1.807) is 0 Å². The molecule has 0 aliphatic carbocycles. The maximum absolute atomic E-state index is 12.3. The van der Waals surface area contributed by atoms with Crippen molar-refractivity contribution in [3.63, 3.8) is 0 Å². The molecule has 182 valence electrons. The predicted molar refractivity (Wildman–Crippen MR) is 133 cm³/mol. The van der Waals surface area contributed by atoms with Crippen molar-refractivity contribution in [3.8, 4) is 11.5 Å². The topological polar surface area (TPSA) is 71.1 Å². The second kappa shape index (κ2) is 11.7. The summed E-state index contributed by atoms with van der Waals surface area (Å²) in [6.07, 6.45) is 0.764. The van der Waals surface area contributed by atoms with E-state index >= 15 is 0 Å². The summed E-state index contributed by atoms with van der Waals surface area (Å²) in [4.78, 5) is 24.5. The van der Waals surface area contributed by atoms with Crippen molar-refractivity contribution in [3.05, 3.63) is 48.0 Å². The summed E-state index contributed by atoms with van der Waals surface area (Å²) in [5, 5.41) is 3.29. The Labute approximate surface area is 201 Å². The summed E-state index contributed by atoms with van der Waals surface area (Å²) in [5.74, 6) is 0.887. The van der Waals surface area contributed by atoms with Gasteiger partial charge in [0.2, 0.25) is 0 Å². The van der Waals surface area contributed by atoms with E-state index in [2.05, 4.69) is 6.92 Å². The van der Waals surface area contributed by atoms with Gasteiger partial charge in [-0.2, -0.15) is 0 Å². The fourth-order valence-electron chi connectivity index (χ4n) is 3.68. The van der Waals surface area contributed by atoms with Crippen LogP contribution in [0.3, 0.4) is 0 Å². The van der Waals surface area contributed by atoms with Gasteiger partial charge in [0.15, 0.2) is 13.2 Å². The first-order valence-electron chi connectivity index (χ1n) is 11.8. The van der Waals surface area contributed by atoms with Crippen LogP contribution in [-0.4, -0.2) is 38.4 Å². The zero-order valence-corrected chi connectivity index (χ0v) is 20.7. The van der Waals surface area contributed by atoms with Crippen molar-refractivity contribution in [2.75, 3.05) is 26.4 Å². The maximum Gasteiger partial charge on any atom is 0.344 e. The van der Waals surface area contributed by atoms with Crippen LogP contribution in [0.2, 0.25) is 0 Å². The normalized spacial score (nSPS) is 11.3. The first-order valence-corrected chi connectivity index (χ1v) is 11.8. The zero-order valence-electron chi connectivity index (χ0n) is 20.7. The van der Waals surface area contributed by atoms with Crippen molar-refractivity contribution in [2.24, 2.45) is 11.8 Å². The lowest BCUT2D eigenvalue weighted by Crippen LogP contribution is -2.18. The number of carbonyl (C=O) groups is 2. The second-order valence-electron chi connectivity index (χ2n) is 9.13. The molecule has 0 fully saturated rings. The molecule has 3 rings (SSSR count). The van der Waals surface area contributed by atoms with Crippen molar-refractivity contribution >= 4 is 33.5 Å². The number of aryl methyl sites for hydroxylation is 1. The van der Waals surface area contributed by atoms with Gasteiger partial charge in [0.25, 0.3) is 0 Å². The van der Waals surface area contributed by atoms with Crippen LogP contribution < -0.4 is 9.47 Å². The molecule has 3 aromatic carbocycles. The highest BCUT2D eigenvalue weighted by Crippen LogP contribution is 2.44. The van der Waals surface area contributed by atoms with E-state index in [1.807, 2.05) is 70.2 Å². The van der Waals surface area contributed by atoms with Crippen molar-refractivity contribution in [1.82, 2.24) is 0 Å². The van der Waals surface area contributed by atoms with Gasteiger partial charge < -0.3 is 18.9 Å². The van der Waals surface area contributed by atoms with E-state index in [0.717, 1.165) is 33.5 Å². The van der Waals surface area contributed by atoms with Crippen molar-refractivity contribution in [2.45, 2.75) is 41.0 Å². The lowest BCUT2D eigenvalue weighted by molar-refractivity contribution is -0.147. The number of hydrogen-bond acceptors (Lipinski definition) is 6. The molecule has 0 saturated carbocycles. The van der Waals surface area contributed by atoms with Gasteiger partial charge in [-0.05, 0) is 23.8 Å². The minimum absolute atomic E-state index is 0.189. The number of hydrogen-bond donors (Lipinski definition) is 0. The van der Waals surface area contributed by atoms with Gasteiger partial charge in [-0.1, -0.05) is 77.1 Å². The Morgan fingerprint density at radius 2 is 1.21 bits per heavy atom. The van der Waals surface area contributed by atoms with E-state index in [-0.39, 0.29) is 25.0 Å². The molecule has 6 nitrogen and oxygen atoms in total. The first kappa shape index (κ1) is 25.3. The van der Waals surface area contributed by atoms with Gasteiger partial charge in [-0.3, -0.25) is 0 Å². The molecule has 0 aliphatic rings. The van der Waals surface area contributed by atoms with Crippen LogP contribution in [0, 0.1) is 11.8 Å².